The molecule has 1 fully saturated rings. The highest BCUT2D eigenvalue weighted by Crippen LogP contribution is 2.22. The Balaban J connectivity index is 1.71. The molecule has 0 spiro atoms. The molecule has 3 amide bonds. The molecule has 0 unspecified atom stereocenters. The van der Waals surface area contributed by atoms with E-state index in [-0.39, 0.29) is 11.9 Å². The number of ether oxygens (including phenoxy) is 1. The van der Waals surface area contributed by atoms with E-state index in [4.69, 9.17) is 4.74 Å². The van der Waals surface area contributed by atoms with Gasteiger partial charge in [-0.2, -0.15) is 0 Å². The van der Waals surface area contributed by atoms with Gasteiger partial charge in [0.05, 0.1) is 6.61 Å². The molecule has 6 heteroatoms. The molecule has 0 saturated carbocycles. The minimum Gasteiger partial charge on any atom is -0.493 e. The Bertz CT molecular complexity index is 615. The zero-order valence-electron chi connectivity index (χ0n) is 17.2. The van der Waals surface area contributed by atoms with Gasteiger partial charge in [-0.05, 0) is 45.2 Å². The second-order valence-corrected chi connectivity index (χ2v) is 7.00. The molecule has 0 radical (unpaired) electrons. The van der Waals surface area contributed by atoms with Crippen LogP contribution < -0.4 is 4.74 Å². The third-order valence-electron chi connectivity index (χ3n) is 5.13. The second-order valence-electron chi connectivity index (χ2n) is 7.00. The predicted molar refractivity (Wildman–Crippen MR) is 107 cm³/mol. The first-order valence-electron chi connectivity index (χ1n) is 9.98. The number of carbonyl (C=O) groups is 2. The molecular formula is C21H33N3O3. The van der Waals surface area contributed by atoms with Gasteiger partial charge in [-0.1, -0.05) is 18.2 Å². The van der Waals surface area contributed by atoms with Crippen LogP contribution in [0.1, 0.15) is 37.8 Å². The predicted octanol–water partition coefficient (Wildman–Crippen LogP) is 3.07. The number of aryl methyl sites for hydroxylation is 2. The monoisotopic (exact) mass is 375 g/mol. The highest BCUT2D eigenvalue weighted by atomic mass is 16.5. The minimum absolute atomic E-state index is 0.0779. The smallest absolute Gasteiger partial charge is 0.320 e. The number of hydrogen-bond donors (Lipinski definition) is 0. The van der Waals surface area contributed by atoms with Crippen molar-refractivity contribution in [3.8, 4) is 5.75 Å². The first kappa shape index (κ1) is 21.1. The number of nitrogens with zero attached hydrogens (tertiary/aromatic N) is 3. The summed E-state index contributed by atoms with van der Waals surface area (Å²) in [4.78, 5) is 30.3. The van der Waals surface area contributed by atoms with Crippen LogP contribution in [0, 0.1) is 13.8 Å². The van der Waals surface area contributed by atoms with Crippen LogP contribution in [0.2, 0.25) is 0 Å². The zero-order chi connectivity index (χ0) is 19.8. The van der Waals surface area contributed by atoms with Crippen LogP contribution in [0.3, 0.4) is 0 Å². The van der Waals surface area contributed by atoms with Crippen LogP contribution in [-0.4, -0.2) is 72.5 Å². The highest BCUT2D eigenvalue weighted by Gasteiger charge is 2.25. The van der Waals surface area contributed by atoms with Crippen molar-refractivity contribution in [1.82, 2.24) is 14.7 Å². The average Bonchev–Trinajstić information content (AvgIpc) is 2.68. The summed E-state index contributed by atoms with van der Waals surface area (Å²) in [5.74, 6) is 1.07. The molecule has 1 heterocycles. The molecule has 6 nitrogen and oxygen atoms in total. The second kappa shape index (κ2) is 10.2. The lowest BCUT2D eigenvalue weighted by Gasteiger charge is -2.37. The van der Waals surface area contributed by atoms with Gasteiger partial charge in [-0.3, -0.25) is 4.79 Å². The van der Waals surface area contributed by atoms with Gasteiger partial charge in [0.2, 0.25) is 5.91 Å². The number of piperazine rings is 1. The third-order valence-corrected chi connectivity index (χ3v) is 5.13. The Hall–Kier alpha value is -2.24. The van der Waals surface area contributed by atoms with Crippen molar-refractivity contribution in [2.75, 3.05) is 45.9 Å². The van der Waals surface area contributed by atoms with E-state index in [2.05, 4.69) is 0 Å². The number of amides is 3. The third kappa shape index (κ3) is 5.62. The van der Waals surface area contributed by atoms with Crippen LogP contribution in [0.5, 0.6) is 5.75 Å². The summed E-state index contributed by atoms with van der Waals surface area (Å²) < 4.78 is 5.88. The lowest BCUT2D eigenvalue weighted by molar-refractivity contribution is -0.132. The van der Waals surface area contributed by atoms with Crippen LogP contribution in [0.4, 0.5) is 4.79 Å². The van der Waals surface area contributed by atoms with Gasteiger partial charge < -0.3 is 19.4 Å². The Kier molecular flexibility index (Phi) is 7.95. The maximum Gasteiger partial charge on any atom is 0.320 e. The lowest BCUT2D eigenvalue weighted by Crippen LogP contribution is -2.54. The fourth-order valence-electron chi connectivity index (χ4n) is 3.42. The number of para-hydroxylation sites is 1. The number of urea groups is 1. The number of benzene rings is 1. The molecule has 27 heavy (non-hydrogen) atoms. The van der Waals surface area contributed by atoms with Crippen molar-refractivity contribution in [2.45, 2.75) is 40.5 Å². The van der Waals surface area contributed by atoms with E-state index < -0.39 is 0 Å². The summed E-state index contributed by atoms with van der Waals surface area (Å²) in [5.41, 5.74) is 2.24. The van der Waals surface area contributed by atoms with Crippen LogP contribution >= 0.6 is 0 Å². The number of rotatable bonds is 7. The molecule has 0 bridgehead atoms. The van der Waals surface area contributed by atoms with E-state index in [0.29, 0.717) is 45.6 Å². The number of carbonyl (C=O) groups excluding carboxylic acids is 2. The molecule has 0 aromatic heterocycles. The summed E-state index contributed by atoms with van der Waals surface area (Å²) >= 11 is 0. The van der Waals surface area contributed by atoms with Crippen molar-refractivity contribution in [1.29, 1.82) is 0 Å². The molecule has 0 N–H and O–H groups in total. The van der Waals surface area contributed by atoms with Crippen molar-refractivity contribution in [3.63, 3.8) is 0 Å². The SMILES string of the molecule is CCN(CC)C(=O)N1CCN(C(=O)CCCOc2c(C)cccc2C)CC1. The molecule has 1 saturated heterocycles. The van der Waals surface area contributed by atoms with E-state index in [1.807, 2.05) is 60.6 Å². The van der Waals surface area contributed by atoms with Crippen LogP contribution in [0.25, 0.3) is 0 Å². The topological polar surface area (TPSA) is 53.1 Å². The van der Waals surface area contributed by atoms with Gasteiger partial charge >= 0.3 is 6.03 Å². The Morgan fingerprint density at radius 2 is 1.56 bits per heavy atom. The van der Waals surface area contributed by atoms with Gasteiger partial charge in [0.25, 0.3) is 0 Å². The summed E-state index contributed by atoms with van der Waals surface area (Å²) in [6, 6.07) is 6.17. The Labute approximate surface area is 163 Å². The summed E-state index contributed by atoms with van der Waals surface area (Å²) in [7, 11) is 0. The van der Waals surface area contributed by atoms with Gasteiger partial charge in [-0.15, -0.1) is 0 Å². The Morgan fingerprint density at radius 1 is 1.00 bits per heavy atom. The summed E-state index contributed by atoms with van der Waals surface area (Å²) in [6.07, 6.45) is 1.18. The fourth-order valence-corrected chi connectivity index (χ4v) is 3.42. The Morgan fingerprint density at radius 3 is 2.11 bits per heavy atom. The molecule has 2 rings (SSSR count). The highest BCUT2D eigenvalue weighted by molar-refractivity contribution is 5.77. The minimum atomic E-state index is 0.0779. The molecule has 0 atom stereocenters. The molecule has 150 valence electrons. The van der Waals surface area contributed by atoms with Crippen LogP contribution in [0.15, 0.2) is 18.2 Å². The fraction of sp³-hybridized carbons (Fsp3) is 0.619. The molecule has 1 aliphatic heterocycles. The summed E-state index contributed by atoms with van der Waals surface area (Å²) in [6.45, 7) is 12.5. The van der Waals surface area contributed by atoms with E-state index >= 15 is 0 Å². The van der Waals surface area contributed by atoms with Gasteiger partial charge in [0.1, 0.15) is 5.75 Å². The first-order chi connectivity index (χ1) is 13.0. The van der Waals surface area contributed by atoms with E-state index in [0.717, 1.165) is 30.0 Å². The van der Waals surface area contributed by atoms with Crippen molar-refractivity contribution >= 4 is 11.9 Å². The van der Waals surface area contributed by atoms with Crippen molar-refractivity contribution in [2.24, 2.45) is 0 Å². The van der Waals surface area contributed by atoms with Gasteiger partial charge in [-0.25, -0.2) is 4.79 Å². The standard InChI is InChI=1S/C21H33N3O3/c1-5-22(6-2)21(26)24-14-12-23(13-15-24)19(25)11-8-16-27-20-17(3)9-7-10-18(20)4/h7,9-10H,5-6,8,11-16H2,1-4H3. The van der Waals surface area contributed by atoms with E-state index in [1.165, 1.54) is 0 Å². The molecule has 1 aromatic rings. The van der Waals surface area contributed by atoms with Gasteiger partial charge in [0.15, 0.2) is 0 Å². The maximum absolute atomic E-state index is 12.4. The quantitative estimate of drug-likeness (QED) is 0.688. The first-order valence-corrected chi connectivity index (χ1v) is 9.98. The normalized spacial score (nSPS) is 14.2. The summed E-state index contributed by atoms with van der Waals surface area (Å²) in [5, 5.41) is 0. The zero-order valence-corrected chi connectivity index (χ0v) is 17.2. The molecular weight excluding hydrogens is 342 g/mol. The molecule has 1 aromatic carbocycles. The molecule has 0 aliphatic carbocycles. The maximum atomic E-state index is 12.4. The average molecular weight is 376 g/mol. The van der Waals surface area contributed by atoms with Gasteiger partial charge in [0, 0.05) is 45.7 Å². The largest absolute Gasteiger partial charge is 0.493 e. The van der Waals surface area contributed by atoms with Crippen molar-refractivity contribution in [3.05, 3.63) is 29.3 Å². The van der Waals surface area contributed by atoms with E-state index in [9.17, 15) is 9.59 Å². The van der Waals surface area contributed by atoms with E-state index in [1.54, 1.807) is 0 Å². The molecule has 1 aliphatic rings. The lowest BCUT2D eigenvalue weighted by atomic mass is 10.1. The number of hydrogen-bond acceptors (Lipinski definition) is 3. The van der Waals surface area contributed by atoms with Crippen molar-refractivity contribution < 1.29 is 14.3 Å². The van der Waals surface area contributed by atoms with Crippen LogP contribution in [-0.2, 0) is 4.79 Å².